The molecule has 2 aromatic rings. The van der Waals surface area contributed by atoms with E-state index in [4.69, 9.17) is 0 Å². The Morgan fingerprint density at radius 1 is 1.24 bits per heavy atom. The van der Waals surface area contributed by atoms with E-state index in [0.29, 0.717) is 6.54 Å². The first-order chi connectivity index (χ1) is 7.89. The smallest absolute Gasteiger partial charge is 0.157 e. The van der Waals surface area contributed by atoms with E-state index in [1.165, 1.54) is 10.9 Å². The average molecular weight is 229 g/mol. The van der Waals surface area contributed by atoms with Crippen molar-refractivity contribution in [1.29, 1.82) is 0 Å². The van der Waals surface area contributed by atoms with Gasteiger partial charge in [0.2, 0.25) is 0 Å². The fraction of sp³-hybridized carbons (Fsp3) is 0.400. The summed E-state index contributed by atoms with van der Waals surface area (Å²) in [4.78, 5) is 12.0. The Balaban J connectivity index is 2.38. The largest absolute Gasteiger partial charge is 0.340 e. The van der Waals surface area contributed by atoms with Crippen molar-refractivity contribution in [3.05, 3.63) is 36.0 Å². The van der Waals surface area contributed by atoms with E-state index in [2.05, 4.69) is 25.1 Å². The van der Waals surface area contributed by atoms with Gasteiger partial charge in [-0.15, -0.1) is 0 Å². The molecule has 0 aliphatic carbocycles. The molecule has 17 heavy (non-hydrogen) atoms. The Morgan fingerprint density at radius 2 is 1.94 bits per heavy atom. The Hall–Kier alpha value is -1.57. The maximum absolute atomic E-state index is 12.0. The minimum Gasteiger partial charge on any atom is -0.340 e. The Kier molecular flexibility index (Phi) is 2.82. The number of carbonyl (C=O) groups is 1. The highest BCUT2D eigenvalue weighted by atomic mass is 16.1. The molecule has 0 unspecified atom stereocenters. The van der Waals surface area contributed by atoms with E-state index < -0.39 is 0 Å². The summed E-state index contributed by atoms with van der Waals surface area (Å²) in [6.45, 7) is 8.44. The fourth-order valence-corrected chi connectivity index (χ4v) is 1.91. The number of fused-ring (bicyclic) bond motifs is 1. The first-order valence-electron chi connectivity index (χ1n) is 5.97. The third kappa shape index (κ3) is 2.26. The van der Waals surface area contributed by atoms with Crippen LogP contribution in [0.15, 0.2) is 30.5 Å². The minimum atomic E-state index is -0.277. The van der Waals surface area contributed by atoms with Gasteiger partial charge in [0, 0.05) is 22.5 Å². The quantitative estimate of drug-likeness (QED) is 0.771. The molecule has 2 rings (SSSR count). The molecule has 2 nitrogen and oxygen atoms in total. The summed E-state index contributed by atoms with van der Waals surface area (Å²) < 4.78 is 2.04. The molecule has 0 spiro atoms. The predicted octanol–water partition coefficient (Wildman–Crippen LogP) is 3.56. The highest BCUT2D eigenvalue weighted by Gasteiger charge is 2.21. The molecule has 90 valence electrons. The van der Waals surface area contributed by atoms with Crippen LogP contribution in [0.1, 0.15) is 26.3 Å². The van der Waals surface area contributed by atoms with Crippen LogP contribution in [0, 0.1) is 12.3 Å². The van der Waals surface area contributed by atoms with Gasteiger partial charge < -0.3 is 4.57 Å². The predicted molar refractivity (Wildman–Crippen MR) is 71.1 cm³/mol. The summed E-state index contributed by atoms with van der Waals surface area (Å²) in [5.41, 5.74) is 2.12. The number of nitrogens with zero attached hydrogens (tertiary/aromatic N) is 1. The van der Waals surface area contributed by atoms with Crippen molar-refractivity contribution < 1.29 is 4.79 Å². The molecule has 0 N–H and O–H groups in total. The van der Waals surface area contributed by atoms with Gasteiger partial charge in [-0.1, -0.05) is 32.9 Å². The summed E-state index contributed by atoms with van der Waals surface area (Å²) in [5, 5.41) is 1.23. The zero-order valence-electron chi connectivity index (χ0n) is 10.9. The molecule has 1 aromatic heterocycles. The number of hydrogen-bond donors (Lipinski definition) is 0. The molecule has 0 aliphatic heterocycles. The van der Waals surface area contributed by atoms with Crippen LogP contribution >= 0.6 is 0 Å². The van der Waals surface area contributed by atoms with Crippen molar-refractivity contribution in [2.45, 2.75) is 34.2 Å². The number of aromatic nitrogens is 1. The molecule has 0 fully saturated rings. The van der Waals surface area contributed by atoms with Crippen molar-refractivity contribution in [2.24, 2.45) is 5.41 Å². The van der Waals surface area contributed by atoms with Gasteiger partial charge in [-0.25, -0.2) is 0 Å². The highest BCUT2D eigenvalue weighted by Crippen LogP contribution is 2.22. The zero-order chi connectivity index (χ0) is 12.6. The first kappa shape index (κ1) is 11.9. The second-order valence-corrected chi connectivity index (χ2v) is 5.62. The molecular formula is C15H19NO. The molecule has 0 saturated heterocycles. The molecule has 2 heteroatoms. The second kappa shape index (κ2) is 4.02. The van der Waals surface area contributed by atoms with Gasteiger partial charge in [0.15, 0.2) is 5.78 Å². The van der Waals surface area contributed by atoms with Crippen LogP contribution in [-0.4, -0.2) is 10.4 Å². The molecule has 0 aliphatic rings. The lowest BCUT2D eigenvalue weighted by molar-refractivity contribution is -0.126. The van der Waals surface area contributed by atoms with Crippen LogP contribution in [0.3, 0.4) is 0 Å². The van der Waals surface area contributed by atoms with Crippen LogP contribution in [0.25, 0.3) is 10.9 Å². The van der Waals surface area contributed by atoms with E-state index in [-0.39, 0.29) is 11.2 Å². The van der Waals surface area contributed by atoms with Gasteiger partial charge in [-0.05, 0) is 24.6 Å². The first-order valence-corrected chi connectivity index (χ1v) is 5.97. The van der Waals surface area contributed by atoms with Gasteiger partial charge in [0.05, 0.1) is 6.54 Å². The molecule has 0 radical (unpaired) electrons. The maximum atomic E-state index is 12.0. The highest BCUT2D eigenvalue weighted by molar-refractivity contribution is 5.88. The van der Waals surface area contributed by atoms with Gasteiger partial charge >= 0.3 is 0 Å². The SMILES string of the molecule is Cc1cccc2c1ccn2CC(=O)C(C)(C)C. The number of Topliss-reactive ketones (excluding diaryl/α,β-unsaturated/α-hetero) is 1. The van der Waals surface area contributed by atoms with Crippen LogP contribution in [-0.2, 0) is 11.3 Å². The van der Waals surface area contributed by atoms with Crippen LogP contribution in [0.2, 0.25) is 0 Å². The average Bonchev–Trinajstić information content (AvgIpc) is 2.62. The fourth-order valence-electron chi connectivity index (χ4n) is 1.91. The second-order valence-electron chi connectivity index (χ2n) is 5.62. The Morgan fingerprint density at radius 3 is 2.59 bits per heavy atom. The molecular weight excluding hydrogens is 210 g/mol. The van der Waals surface area contributed by atoms with Gasteiger partial charge in [-0.3, -0.25) is 4.79 Å². The third-order valence-corrected chi connectivity index (χ3v) is 3.18. The summed E-state index contributed by atoms with van der Waals surface area (Å²) in [7, 11) is 0. The molecule has 0 atom stereocenters. The van der Waals surface area contributed by atoms with Crippen molar-refractivity contribution in [2.75, 3.05) is 0 Å². The topological polar surface area (TPSA) is 22.0 Å². The Labute approximate surface area is 102 Å². The molecule has 0 bridgehead atoms. The minimum absolute atomic E-state index is 0.261. The van der Waals surface area contributed by atoms with E-state index in [1.54, 1.807) is 0 Å². The lowest BCUT2D eigenvalue weighted by Crippen LogP contribution is -2.24. The van der Waals surface area contributed by atoms with E-state index in [9.17, 15) is 4.79 Å². The third-order valence-electron chi connectivity index (χ3n) is 3.18. The summed E-state index contributed by atoms with van der Waals surface area (Å²) in [6, 6.07) is 8.28. The lowest BCUT2D eigenvalue weighted by atomic mass is 9.91. The molecule has 1 aromatic carbocycles. The van der Waals surface area contributed by atoms with E-state index in [0.717, 1.165) is 5.52 Å². The number of aryl methyl sites for hydroxylation is 1. The maximum Gasteiger partial charge on any atom is 0.157 e. The normalized spacial score (nSPS) is 12.0. The summed E-state index contributed by atoms with van der Waals surface area (Å²) >= 11 is 0. The van der Waals surface area contributed by atoms with E-state index >= 15 is 0 Å². The number of carbonyl (C=O) groups excluding carboxylic acids is 1. The monoisotopic (exact) mass is 229 g/mol. The van der Waals surface area contributed by atoms with Gasteiger partial charge in [0.25, 0.3) is 0 Å². The molecule has 0 amide bonds. The summed E-state index contributed by atoms with van der Waals surface area (Å²) in [5.74, 6) is 0.261. The van der Waals surface area contributed by atoms with Crippen molar-refractivity contribution in [3.63, 3.8) is 0 Å². The van der Waals surface area contributed by atoms with E-state index in [1.807, 2.05) is 37.6 Å². The van der Waals surface area contributed by atoms with Crippen molar-refractivity contribution in [1.82, 2.24) is 4.57 Å². The standard InChI is InChI=1S/C15H19NO/c1-11-6-5-7-13-12(11)8-9-16(13)10-14(17)15(2,3)4/h5-9H,10H2,1-4H3. The lowest BCUT2D eigenvalue weighted by Gasteiger charge is -2.17. The van der Waals surface area contributed by atoms with Gasteiger partial charge in [-0.2, -0.15) is 0 Å². The van der Waals surface area contributed by atoms with Crippen molar-refractivity contribution in [3.8, 4) is 0 Å². The van der Waals surface area contributed by atoms with Crippen LogP contribution in [0.5, 0.6) is 0 Å². The van der Waals surface area contributed by atoms with Crippen LogP contribution < -0.4 is 0 Å². The van der Waals surface area contributed by atoms with Gasteiger partial charge in [0.1, 0.15) is 0 Å². The number of hydrogen-bond acceptors (Lipinski definition) is 1. The Bertz CT molecular complexity index is 558. The number of rotatable bonds is 2. The van der Waals surface area contributed by atoms with Crippen LogP contribution in [0.4, 0.5) is 0 Å². The molecule has 1 heterocycles. The van der Waals surface area contributed by atoms with Crippen molar-refractivity contribution >= 4 is 16.7 Å². The zero-order valence-corrected chi connectivity index (χ0v) is 10.9. The number of benzene rings is 1. The summed E-state index contributed by atoms with van der Waals surface area (Å²) in [6.07, 6.45) is 2.00. The number of ketones is 1. The molecule has 0 saturated carbocycles.